The standard InChI is InChI=1S/C15H21N3O3/c16-13-3-1-2-12(13)15(21)18-11-6-4-10(5-7-11)14(20)17-8-9-19/h4-7,12-13,19H,1-3,8-9,16H2,(H,17,20)(H,18,21). The predicted molar refractivity (Wildman–Crippen MR) is 79.8 cm³/mol. The highest BCUT2D eigenvalue weighted by Crippen LogP contribution is 2.25. The maximum absolute atomic E-state index is 12.1. The first-order valence-electron chi connectivity index (χ1n) is 7.17. The molecule has 2 atom stereocenters. The fraction of sp³-hybridized carbons (Fsp3) is 0.467. The Morgan fingerprint density at radius 3 is 2.52 bits per heavy atom. The van der Waals surface area contributed by atoms with Crippen molar-refractivity contribution in [3.63, 3.8) is 0 Å². The van der Waals surface area contributed by atoms with Crippen LogP contribution < -0.4 is 16.4 Å². The third-order valence-electron chi connectivity index (χ3n) is 3.72. The molecule has 0 heterocycles. The Hall–Kier alpha value is -1.92. The summed E-state index contributed by atoms with van der Waals surface area (Å²) >= 11 is 0. The molecule has 0 spiro atoms. The van der Waals surface area contributed by atoms with E-state index in [1.165, 1.54) is 0 Å². The van der Waals surface area contributed by atoms with E-state index in [0.717, 1.165) is 19.3 Å². The van der Waals surface area contributed by atoms with E-state index in [0.29, 0.717) is 11.3 Å². The van der Waals surface area contributed by atoms with Gasteiger partial charge in [-0.05, 0) is 37.1 Å². The molecular formula is C15H21N3O3. The van der Waals surface area contributed by atoms with Gasteiger partial charge in [0.25, 0.3) is 5.91 Å². The van der Waals surface area contributed by atoms with Crippen LogP contribution in [0.5, 0.6) is 0 Å². The summed E-state index contributed by atoms with van der Waals surface area (Å²) in [5.74, 6) is -0.435. The number of anilines is 1. The van der Waals surface area contributed by atoms with Crippen LogP contribution in [0.2, 0.25) is 0 Å². The number of aliphatic hydroxyl groups is 1. The van der Waals surface area contributed by atoms with E-state index < -0.39 is 0 Å². The number of nitrogens with one attached hydrogen (secondary N) is 2. The van der Waals surface area contributed by atoms with Gasteiger partial charge in [-0.3, -0.25) is 9.59 Å². The molecule has 5 N–H and O–H groups in total. The van der Waals surface area contributed by atoms with Crippen molar-refractivity contribution >= 4 is 17.5 Å². The first kappa shape index (κ1) is 15.5. The van der Waals surface area contributed by atoms with Gasteiger partial charge >= 0.3 is 0 Å². The molecule has 21 heavy (non-hydrogen) atoms. The molecule has 1 aliphatic rings. The third-order valence-corrected chi connectivity index (χ3v) is 3.72. The van der Waals surface area contributed by atoms with E-state index in [2.05, 4.69) is 10.6 Å². The maximum atomic E-state index is 12.1. The summed E-state index contributed by atoms with van der Waals surface area (Å²) in [6, 6.07) is 6.58. The number of amides is 2. The second-order valence-electron chi connectivity index (χ2n) is 5.25. The SMILES string of the molecule is NC1CCCC1C(=O)Nc1ccc(C(=O)NCCO)cc1. The lowest BCUT2D eigenvalue weighted by Gasteiger charge is -2.15. The van der Waals surface area contributed by atoms with E-state index in [-0.39, 0.29) is 36.9 Å². The van der Waals surface area contributed by atoms with Crippen molar-refractivity contribution in [3.05, 3.63) is 29.8 Å². The van der Waals surface area contributed by atoms with E-state index >= 15 is 0 Å². The van der Waals surface area contributed by atoms with E-state index in [9.17, 15) is 9.59 Å². The average molecular weight is 291 g/mol. The Bertz CT molecular complexity index is 501. The van der Waals surface area contributed by atoms with Crippen LogP contribution in [0.1, 0.15) is 29.6 Å². The lowest BCUT2D eigenvalue weighted by molar-refractivity contribution is -0.120. The van der Waals surface area contributed by atoms with Crippen LogP contribution in [-0.4, -0.2) is 36.1 Å². The molecule has 0 saturated heterocycles. The summed E-state index contributed by atoms with van der Waals surface area (Å²) in [6.07, 6.45) is 2.71. The maximum Gasteiger partial charge on any atom is 0.251 e. The minimum atomic E-state index is -0.250. The Morgan fingerprint density at radius 1 is 1.24 bits per heavy atom. The zero-order valence-corrected chi connectivity index (χ0v) is 11.8. The molecule has 1 aromatic carbocycles. The van der Waals surface area contributed by atoms with Crippen molar-refractivity contribution in [1.29, 1.82) is 0 Å². The van der Waals surface area contributed by atoms with E-state index in [1.807, 2.05) is 0 Å². The van der Waals surface area contributed by atoms with Crippen LogP contribution in [0.15, 0.2) is 24.3 Å². The highest BCUT2D eigenvalue weighted by Gasteiger charge is 2.30. The van der Waals surface area contributed by atoms with Crippen molar-refractivity contribution in [2.24, 2.45) is 11.7 Å². The van der Waals surface area contributed by atoms with Gasteiger partial charge in [0, 0.05) is 23.8 Å². The predicted octanol–water partition coefficient (Wildman–Crippen LogP) is 0.475. The number of carbonyl (C=O) groups is 2. The normalized spacial score (nSPS) is 21.0. The Morgan fingerprint density at radius 2 is 1.95 bits per heavy atom. The first-order chi connectivity index (χ1) is 10.1. The number of hydrogen-bond donors (Lipinski definition) is 4. The monoisotopic (exact) mass is 291 g/mol. The van der Waals surface area contributed by atoms with E-state index in [1.54, 1.807) is 24.3 Å². The first-order valence-corrected chi connectivity index (χ1v) is 7.17. The summed E-state index contributed by atoms with van der Waals surface area (Å²) in [6.45, 7) is 0.123. The van der Waals surface area contributed by atoms with Crippen molar-refractivity contribution in [2.75, 3.05) is 18.5 Å². The number of benzene rings is 1. The molecule has 0 radical (unpaired) electrons. The average Bonchev–Trinajstić information content (AvgIpc) is 2.91. The third kappa shape index (κ3) is 4.03. The van der Waals surface area contributed by atoms with Crippen molar-refractivity contribution < 1.29 is 14.7 Å². The molecule has 2 amide bonds. The van der Waals surface area contributed by atoms with Gasteiger partial charge in [0.05, 0.1) is 12.5 Å². The van der Waals surface area contributed by atoms with Gasteiger partial charge in [0.1, 0.15) is 0 Å². The number of rotatable bonds is 5. The molecule has 2 rings (SSSR count). The summed E-state index contributed by atoms with van der Waals surface area (Å²) in [5, 5.41) is 14.1. The Balaban J connectivity index is 1.93. The van der Waals surface area contributed by atoms with Crippen LogP contribution in [0.4, 0.5) is 5.69 Å². The molecule has 2 unspecified atom stereocenters. The topological polar surface area (TPSA) is 104 Å². The summed E-state index contributed by atoms with van der Waals surface area (Å²) < 4.78 is 0. The molecule has 1 aromatic rings. The van der Waals surface area contributed by atoms with Crippen molar-refractivity contribution in [2.45, 2.75) is 25.3 Å². The van der Waals surface area contributed by atoms with E-state index in [4.69, 9.17) is 10.8 Å². The highest BCUT2D eigenvalue weighted by molar-refractivity contribution is 5.96. The molecule has 0 aliphatic heterocycles. The lowest BCUT2D eigenvalue weighted by Crippen LogP contribution is -2.34. The second kappa shape index (κ2) is 7.19. The van der Waals surface area contributed by atoms with Crippen LogP contribution in [0.25, 0.3) is 0 Å². The number of hydrogen-bond acceptors (Lipinski definition) is 4. The lowest BCUT2D eigenvalue weighted by atomic mass is 10.0. The van der Waals surface area contributed by atoms with Crippen molar-refractivity contribution in [3.8, 4) is 0 Å². The minimum absolute atomic E-state index is 0.0579. The second-order valence-corrected chi connectivity index (χ2v) is 5.25. The number of nitrogens with two attached hydrogens (primary N) is 1. The van der Waals surface area contributed by atoms with Gasteiger partial charge in [0.15, 0.2) is 0 Å². The van der Waals surface area contributed by atoms with Crippen LogP contribution in [0.3, 0.4) is 0 Å². The van der Waals surface area contributed by atoms with Gasteiger partial charge in [-0.25, -0.2) is 0 Å². The zero-order valence-electron chi connectivity index (χ0n) is 11.8. The number of aliphatic hydroxyl groups excluding tert-OH is 1. The van der Waals surface area contributed by atoms with Gasteiger partial charge < -0.3 is 21.5 Å². The summed E-state index contributed by atoms with van der Waals surface area (Å²) in [4.78, 5) is 23.8. The number of carbonyl (C=O) groups excluding carboxylic acids is 2. The molecule has 6 nitrogen and oxygen atoms in total. The zero-order chi connectivity index (χ0) is 15.2. The molecular weight excluding hydrogens is 270 g/mol. The van der Waals surface area contributed by atoms with Crippen LogP contribution >= 0.6 is 0 Å². The van der Waals surface area contributed by atoms with Gasteiger partial charge in [-0.15, -0.1) is 0 Å². The molecule has 6 heteroatoms. The summed E-state index contributed by atoms with van der Waals surface area (Å²) in [7, 11) is 0. The molecule has 1 fully saturated rings. The highest BCUT2D eigenvalue weighted by atomic mass is 16.3. The molecule has 0 bridgehead atoms. The molecule has 1 saturated carbocycles. The van der Waals surface area contributed by atoms with Crippen molar-refractivity contribution in [1.82, 2.24) is 5.32 Å². The van der Waals surface area contributed by atoms with Gasteiger partial charge in [0.2, 0.25) is 5.91 Å². The molecule has 1 aliphatic carbocycles. The smallest absolute Gasteiger partial charge is 0.251 e. The van der Waals surface area contributed by atoms with Crippen LogP contribution in [-0.2, 0) is 4.79 Å². The Kier molecular flexibility index (Phi) is 5.30. The minimum Gasteiger partial charge on any atom is -0.395 e. The Labute approximate surface area is 123 Å². The fourth-order valence-electron chi connectivity index (χ4n) is 2.53. The van der Waals surface area contributed by atoms with Gasteiger partial charge in [-0.1, -0.05) is 6.42 Å². The summed E-state index contributed by atoms with van der Waals surface area (Å²) in [5.41, 5.74) is 7.05. The van der Waals surface area contributed by atoms with Crippen LogP contribution in [0, 0.1) is 5.92 Å². The fourth-order valence-corrected chi connectivity index (χ4v) is 2.53. The molecule has 0 aromatic heterocycles. The van der Waals surface area contributed by atoms with Gasteiger partial charge in [-0.2, -0.15) is 0 Å². The molecule has 114 valence electrons. The largest absolute Gasteiger partial charge is 0.395 e. The quantitative estimate of drug-likeness (QED) is 0.633.